The molecule has 0 aromatic carbocycles. The number of piperidine rings is 1. The van der Waals surface area contributed by atoms with E-state index < -0.39 is 0 Å². The molecule has 2 atom stereocenters. The van der Waals surface area contributed by atoms with Gasteiger partial charge in [-0.25, -0.2) is 0 Å². The maximum Gasteiger partial charge on any atom is 0.0335 e. The molecule has 1 saturated heterocycles. The Labute approximate surface area is 85.7 Å². The molecule has 76 valence electrons. The number of rotatable bonds is 3. The summed E-state index contributed by atoms with van der Waals surface area (Å²) >= 11 is 5.77. The molecule has 2 nitrogen and oxygen atoms in total. The lowest BCUT2D eigenvalue weighted by molar-refractivity contribution is 0.143. The molecule has 1 aliphatic rings. The van der Waals surface area contributed by atoms with Gasteiger partial charge in [0.15, 0.2) is 0 Å². The number of likely N-dealkylation sites (tertiary alicyclic amines) is 1. The highest BCUT2D eigenvalue weighted by molar-refractivity contribution is 6.29. The zero-order chi connectivity index (χ0) is 9.84. The molecule has 0 saturated carbocycles. The van der Waals surface area contributed by atoms with Crippen LogP contribution in [0.25, 0.3) is 0 Å². The minimum Gasteiger partial charge on any atom is -0.330 e. The number of nitrogens with zero attached hydrogens (tertiary/aromatic N) is 1. The van der Waals surface area contributed by atoms with E-state index in [0.29, 0.717) is 5.92 Å². The van der Waals surface area contributed by atoms with Crippen molar-refractivity contribution in [1.29, 1.82) is 0 Å². The normalized spacial score (nSPS) is 30.4. The maximum absolute atomic E-state index is 5.77. The molecule has 0 aromatic rings. The van der Waals surface area contributed by atoms with Crippen LogP contribution < -0.4 is 5.73 Å². The van der Waals surface area contributed by atoms with Crippen molar-refractivity contribution in [1.82, 2.24) is 4.90 Å². The highest BCUT2D eigenvalue weighted by Crippen LogP contribution is 2.22. The largest absolute Gasteiger partial charge is 0.330 e. The Bertz CT molecular complexity index is 182. The van der Waals surface area contributed by atoms with Crippen LogP contribution in [-0.2, 0) is 0 Å². The van der Waals surface area contributed by atoms with Gasteiger partial charge in [0.05, 0.1) is 0 Å². The van der Waals surface area contributed by atoms with Crippen molar-refractivity contribution in [3.8, 4) is 0 Å². The highest BCUT2D eigenvalue weighted by Gasteiger charge is 2.24. The van der Waals surface area contributed by atoms with Gasteiger partial charge >= 0.3 is 0 Å². The first-order valence-corrected chi connectivity index (χ1v) is 5.27. The summed E-state index contributed by atoms with van der Waals surface area (Å²) in [6, 6.07) is 0. The van der Waals surface area contributed by atoms with Crippen molar-refractivity contribution in [2.75, 3.05) is 26.2 Å². The fourth-order valence-corrected chi connectivity index (χ4v) is 2.09. The predicted molar refractivity (Wildman–Crippen MR) is 57.8 cm³/mol. The first-order valence-electron chi connectivity index (χ1n) is 4.89. The van der Waals surface area contributed by atoms with Crippen LogP contribution in [-0.4, -0.2) is 31.1 Å². The Balaban J connectivity index is 2.40. The van der Waals surface area contributed by atoms with E-state index in [1.165, 1.54) is 6.42 Å². The number of nitrogens with two attached hydrogens (primary N) is 1. The molecular weight excluding hydrogens is 184 g/mol. The summed E-state index contributed by atoms with van der Waals surface area (Å²) in [4.78, 5) is 2.34. The van der Waals surface area contributed by atoms with Crippen LogP contribution in [0.2, 0.25) is 0 Å². The maximum atomic E-state index is 5.77. The lowest BCUT2D eigenvalue weighted by atomic mass is 9.87. The van der Waals surface area contributed by atoms with Crippen molar-refractivity contribution in [3.05, 3.63) is 11.6 Å². The van der Waals surface area contributed by atoms with E-state index in [4.69, 9.17) is 17.3 Å². The van der Waals surface area contributed by atoms with Crippen LogP contribution in [0.1, 0.15) is 13.3 Å². The van der Waals surface area contributed by atoms with E-state index in [1.807, 2.05) is 0 Å². The molecule has 0 spiro atoms. The van der Waals surface area contributed by atoms with E-state index in [2.05, 4.69) is 18.4 Å². The Morgan fingerprint density at radius 1 is 1.69 bits per heavy atom. The van der Waals surface area contributed by atoms with Gasteiger partial charge in [-0.2, -0.15) is 0 Å². The third kappa shape index (κ3) is 3.29. The molecule has 13 heavy (non-hydrogen) atoms. The average molecular weight is 203 g/mol. The quantitative estimate of drug-likeness (QED) is 0.755. The summed E-state index contributed by atoms with van der Waals surface area (Å²) in [5, 5.41) is 0.727. The van der Waals surface area contributed by atoms with E-state index in [0.717, 1.165) is 37.1 Å². The van der Waals surface area contributed by atoms with Gasteiger partial charge in [-0.05, 0) is 31.3 Å². The van der Waals surface area contributed by atoms with Gasteiger partial charge < -0.3 is 5.73 Å². The second kappa shape index (κ2) is 4.99. The smallest absolute Gasteiger partial charge is 0.0335 e. The second-order valence-electron chi connectivity index (χ2n) is 4.01. The molecule has 1 fully saturated rings. The van der Waals surface area contributed by atoms with Gasteiger partial charge in [-0.3, -0.25) is 4.90 Å². The molecule has 2 unspecified atom stereocenters. The van der Waals surface area contributed by atoms with Crippen LogP contribution in [0.5, 0.6) is 0 Å². The number of halogens is 1. The summed E-state index contributed by atoms with van der Waals surface area (Å²) in [5.41, 5.74) is 5.70. The van der Waals surface area contributed by atoms with Gasteiger partial charge in [0.1, 0.15) is 0 Å². The zero-order valence-electron chi connectivity index (χ0n) is 8.30. The van der Waals surface area contributed by atoms with Crippen molar-refractivity contribution in [2.45, 2.75) is 13.3 Å². The standard InChI is InChI=1S/C10H19ClN2/c1-8-3-4-13(6-9(2)11)7-10(8)5-12/h8,10H,2-7,12H2,1H3. The first kappa shape index (κ1) is 11.0. The van der Waals surface area contributed by atoms with Crippen molar-refractivity contribution < 1.29 is 0 Å². The van der Waals surface area contributed by atoms with Gasteiger partial charge in [-0.1, -0.05) is 25.1 Å². The van der Waals surface area contributed by atoms with Crippen LogP contribution in [0.4, 0.5) is 0 Å². The molecule has 0 radical (unpaired) electrons. The average Bonchev–Trinajstić information content (AvgIpc) is 2.07. The molecule has 1 heterocycles. The van der Waals surface area contributed by atoms with E-state index in [1.54, 1.807) is 0 Å². The predicted octanol–water partition coefficient (Wildman–Crippen LogP) is 1.66. The summed E-state index contributed by atoms with van der Waals surface area (Å²) in [6.45, 7) is 9.79. The third-order valence-corrected chi connectivity index (χ3v) is 3.02. The van der Waals surface area contributed by atoms with Gasteiger partial charge in [0.25, 0.3) is 0 Å². The van der Waals surface area contributed by atoms with E-state index in [-0.39, 0.29) is 0 Å². The minimum atomic E-state index is 0.629. The zero-order valence-corrected chi connectivity index (χ0v) is 9.06. The number of hydrogen-bond acceptors (Lipinski definition) is 2. The molecule has 0 aromatic heterocycles. The molecule has 1 rings (SSSR count). The van der Waals surface area contributed by atoms with Crippen LogP contribution in [0.15, 0.2) is 11.6 Å². The lowest BCUT2D eigenvalue weighted by Gasteiger charge is -2.36. The monoisotopic (exact) mass is 202 g/mol. The Hall–Kier alpha value is -0.0500. The van der Waals surface area contributed by atoms with Gasteiger partial charge in [0, 0.05) is 18.1 Å². The van der Waals surface area contributed by atoms with Crippen molar-refractivity contribution in [2.24, 2.45) is 17.6 Å². The topological polar surface area (TPSA) is 29.3 Å². The molecule has 0 aliphatic carbocycles. The Morgan fingerprint density at radius 3 is 2.92 bits per heavy atom. The summed E-state index contributed by atoms with van der Waals surface area (Å²) in [7, 11) is 0. The molecular formula is C10H19ClN2. The van der Waals surface area contributed by atoms with E-state index in [9.17, 15) is 0 Å². The molecule has 3 heteroatoms. The molecule has 0 bridgehead atoms. The second-order valence-corrected chi connectivity index (χ2v) is 4.55. The Kier molecular flexibility index (Phi) is 4.23. The molecule has 2 N–H and O–H groups in total. The summed E-state index contributed by atoms with van der Waals surface area (Å²) in [6.07, 6.45) is 1.23. The van der Waals surface area contributed by atoms with Crippen LogP contribution in [0, 0.1) is 11.8 Å². The Morgan fingerprint density at radius 2 is 2.38 bits per heavy atom. The molecule has 0 amide bonds. The number of hydrogen-bond donors (Lipinski definition) is 1. The SMILES string of the molecule is C=C(Cl)CN1CCC(C)C(CN)C1. The fraction of sp³-hybridized carbons (Fsp3) is 0.800. The van der Waals surface area contributed by atoms with Gasteiger partial charge in [-0.15, -0.1) is 0 Å². The lowest BCUT2D eigenvalue weighted by Crippen LogP contribution is -2.42. The van der Waals surface area contributed by atoms with Crippen molar-refractivity contribution in [3.63, 3.8) is 0 Å². The van der Waals surface area contributed by atoms with Crippen LogP contribution in [0.3, 0.4) is 0 Å². The third-order valence-electron chi connectivity index (χ3n) is 2.90. The summed E-state index contributed by atoms with van der Waals surface area (Å²) in [5.74, 6) is 1.38. The van der Waals surface area contributed by atoms with Crippen LogP contribution >= 0.6 is 11.6 Å². The highest BCUT2D eigenvalue weighted by atomic mass is 35.5. The minimum absolute atomic E-state index is 0.629. The molecule has 1 aliphatic heterocycles. The van der Waals surface area contributed by atoms with Gasteiger partial charge in [0.2, 0.25) is 0 Å². The summed E-state index contributed by atoms with van der Waals surface area (Å²) < 4.78 is 0. The van der Waals surface area contributed by atoms with E-state index >= 15 is 0 Å². The fourth-order valence-electron chi connectivity index (χ4n) is 1.92. The van der Waals surface area contributed by atoms with Crippen molar-refractivity contribution >= 4 is 11.6 Å². The first-order chi connectivity index (χ1) is 6.13.